The fourth-order valence-corrected chi connectivity index (χ4v) is 3.17. The molecular formula is C24H23N3O3S. The van der Waals surface area contributed by atoms with Crippen molar-refractivity contribution < 1.29 is 14.3 Å². The molecule has 7 heteroatoms. The first-order valence-corrected chi connectivity index (χ1v) is 10.0. The van der Waals surface area contributed by atoms with Gasteiger partial charge in [-0.25, -0.2) is 0 Å². The van der Waals surface area contributed by atoms with Crippen molar-refractivity contribution in [2.75, 3.05) is 17.7 Å². The third kappa shape index (κ3) is 5.46. The molecule has 0 aliphatic rings. The number of methoxy groups -OCH3 is 1. The van der Waals surface area contributed by atoms with Gasteiger partial charge in [0.05, 0.1) is 23.9 Å². The number of benzene rings is 3. The summed E-state index contributed by atoms with van der Waals surface area (Å²) in [4.78, 5) is 25.4. The van der Waals surface area contributed by atoms with Gasteiger partial charge < -0.3 is 15.4 Å². The predicted octanol–water partition coefficient (Wildman–Crippen LogP) is 4.69. The fraction of sp³-hybridized carbons (Fsp3) is 0.125. The lowest BCUT2D eigenvalue weighted by molar-refractivity contribution is 0.0973. The van der Waals surface area contributed by atoms with Crippen LogP contribution < -0.4 is 20.7 Å². The summed E-state index contributed by atoms with van der Waals surface area (Å²) >= 11 is 5.28. The molecule has 2 amide bonds. The van der Waals surface area contributed by atoms with Gasteiger partial charge in [0.25, 0.3) is 11.8 Å². The number of hydrogen-bond acceptors (Lipinski definition) is 4. The van der Waals surface area contributed by atoms with Crippen LogP contribution in [0.3, 0.4) is 0 Å². The number of amides is 2. The first-order chi connectivity index (χ1) is 14.9. The molecule has 0 aliphatic carbocycles. The Morgan fingerprint density at radius 2 is 1.48 bits per heavy atom. The van der Waals surface area contributed by atoms with E-state index in [-0.39, 0.29) is 11.0 Å². The van der Waals surface area contributed by atoms with Crippen LogP contribution in [-0.2, 0) is 0 Å². The molecule has 0 radical (unpaired) electrons. The van der Waals surface area contributed by atoms with E-state index in [4.69, 9.17) is 17.0 Å². The van der Waals surface area contributed by atoms with E-state index >= 15 is 0 Å². The zero-order valence-electron chi connectivity index (χ0n) is 17.5. The maximum absolute atomic E-state index is 12.8. The molecule has 0 atom stereocenters. The monoisotopic (exact) mass is 433 g/mol. The topological polar surface area (TPSA) is 79.5 Å². The maximum atomic E-state index is 12.8. The number of para-hydroxylation sites is 2. The number of ether oxygens (including phenoxy) is 1. The van der Waals surface area contributed by atoms with Crippen LogP contribution in [0.5, 0.6) is 5.75 Å². The summed E-state index contributed by atoms with van der Waals surface area (Å²) in [5.74, 6) is -0.256. The van der Waals surface area contributed by atoms with E-state index in [1.165, 1.54) is 7.11 Å². The molecule has 3 aromatic rings. The van der Waals surface area contributed by atoms with Crippen molar-refractivity contribution in [1.82, 2.24) is 5.32 Å². The van der Waals surface area contributed by atoms with Gasteiger partial charge in [0.2, 0.25) is 0 Å². The van der Waals surface area contributed by atoms with E-state index < -0.39 is 5.91 Å². The van der Waals surface area contributed by atoms with E-state index in [0.29, 0.717) is 28.3 Å². The second-order valence-electron chi connectivity index (χ2n) is 6.91. The van der Waals surface area contributed by atoms with Gasteiger partial charge in [0.1, 0.15) is 5.75 Å². The molecule has 3 rings (SSSR count). The van der Waals surface area contributed by atoms with Crippen molar-refractivity contribution in [2.45, 2.75) is 13.8 Å². The van der Waals surface area contributed by atoms with Crippen LogP contribution in [-0.4, -0.2) is 24.0 Å². The van der Waals surface area contributed by atoms with Crippen molar-refractivity contribution in [3.63, 3.8) is 0 Å². The highest BCUT2D eigenvalue weighted by Crippen LogP contribution is 2.20. The number of anilines is 2. The van der Waals surface area contributed by atoms with Gasteiger partial charge in [0.15, 0.2) is 5.11 Å². The third-order valence-corrected chi connectivity index (χ3v) is 4.97. The summed E-state index contributed by atoms with van der Waals surface area (Å²) in [5.41, 5.74) is 4.18. The molecule has 0 bridgehead atoms. The molecule has 0 spiro atoms. The standard InChI is InChI=1S/C24H23N3O3S/c1-15-12-13-17(14-16(15)2)25-22(28)18-8-4-6-10-20(18)26-24(31)27-23(29)19-9-5-7-11-21(19)30-3/h4-14H,1-3H3,(H,25,28)(H2,26,27,29,31). The summed E-state index contributed by atoms with van der Waals surface area (Å²) in [6.45, 7) is 4.00. The minimum Gasteiger partial charge on any atom is -0.496 e. The van der Waals surface area contributed by atoms with Crippen molar-refractivity contribution >= 4 is 40.5 Å². The normalized spacial score (nSPS) is 10.2. The van der Waals surface area contributed by atoms with E-state index in [2.05, 4.69) is 16.0 Å². The van der Waals surface area contributed by atoms with Crippen molar-refractivity contribution in [3.05, 3.63) is 89.0 Å². The number of thiocarbonyl (C=S) groups is 1. The highest BCUT2D eigenvalue weighted by molar-refractivity contribution is 7.80. The summed E-state index contributed by atoms with van der Waals surface area (Å²) in [5, 5.41) is 8.52. The molecule has 0 saturated carbocycles. The second kappa shape index (κ2) is 9.86. The minimum atomic E-state index is -0.410. The van der Waals surface area contributed by atoms with E-state index in [0.717, 1.165) is 11.1 Å². The van der Waals surface area contributed by atoms with Crippen LogP contribution in [0.25, 0.3) is 0 Å². The Morgan fingerprint density at radius 1 is 0.806 bits per heavy atom. The first-order valence-electron chi connectivity index (χ1n) is 9.62. The van der Waals surface area contributed by atoms with Crippen molar-refractivity contribution in [1.29, 1.82) is 0 Å². The van der Waals surface area contributed by atoms with Gasteiger partial charge in [-0.1, -0.05) is 30.3 Å². The van der Waals surface area contributed by atoms with Crippen LogP contribution in [0.2, 0.25) is 0 Å². The molecule has 0 aromatic heterocycles. The lowest BCUT2D eigenvalue weighted by Gasteiger charge is -2.14. The molecule has 3 N–H and O–H groups in total. The molecule has 31 heavy (non-hydrogen) atoms. The average molecular weight is 434 g/mol. The number of nitrogens with one attached hydrogen (secondary N) is 3. The Hall–Kier alpha value is -3.71. The second-order valence-corrected chi connectivity index (χ2v) is 7.32. The third-order valence-electron chi connectivity index (χ3n) is 4.76. The SMILES string of the molecule is COc1ccccc1C(=O)NC(=S)Nc1ccccc1C(=O)Nc1ccc(C)c(C)c1. The molecule has 0 aliphatic heterocycles. The first kappa shape index (κ1) is 22.0. The van der Waals surface area contributed by atoms with Crippen molar-refractivity contribution in [2.24, 2.45) is 0 Å². The summed E-state index contributed by atoms with van der Waals surface area (Å²) in [7, 11) is 1.49. The molecule has 158 valence electrons. The van der Waals surface area contributed by atoms with Gasteiger partial charge in [-0.3, -0.25) is 14.9 Å². The van der Waals surface area contributed by atoms with E-state index in [1.54, 1.807) is 48.5 Å². The number of aryl methyl sites for hydroxylation is 2. The summed E-state index contributed by atoms with van der Waals surface area (Å²) in [6.07, 6.45) is 0. The smallest absolute Gasteiger partial charge is 0.261 e. The van der Waals surface area contributed by atoms with Crippen LogP contribution >= 0.6 is 12.2 Å². The number of hydrogen-bond donors (Lipinski definition) is 3. The van der Waals surface area contributed by atoms with Gasteiger partial charge in [-0.15, -0.1) is 0 Å². The summed E-state index contributed by atoms with van der Waals surface area (Å²) < 4.78 is 5.21. The maximum Gasteiger partial charge on any atom is 0.261 e. The van der Waals surface area contributed by atoms with Crippen molar-refractivity contribution in [3.8, 4) is 5.75 Å². The minimum absolute atomic E-state index is 0.0716. The van der Waals surface area contributed by atoms with Gasteiger partial charge in [-0.2, -0.15) is 0 Å². The molecule has 0 fully saturated rings. The lowest BCUT2D eigenvalue weighted by atomic mass is 10.1. The van der Waals surface area contributed by atoms with Crippen LogP contribution in [0, 0.1) is 13.8 Å². The Bertz CT molecular complexity index is 1140. The Kier molecular flexibility index (Phi) is 6.99. The van der Waals surface area contributed by atoms with Crippen LogP contribution in [0.15, 0.2) is 66.7 Å². The van der Waals surface area contributed by atoms with E-state index in [9.17, 15) is 9.59 Å². The Morgan fingerprint density at radius 3 is 2.19 bits per heavy atom. The number of carbonyl (C=O) groups excluding carboxylic acids is 2. The van der Waals surface area contributed by atoms with Crippen LogP contribution in [0.4, 0.5) is 11.4 Å². The van der Waals surface area contributed by atoms with Gasteiger partial charge >= 0.3 is 0 Å². The Labute approximate surface area is 186 Å². The highest BCUT2D eigenvalue weighted by Gasteiger charge is 2.16. The molecule has 0 unspecified atom stereocenters. The molecule has 6 nitrogen and oxygen atoms in total. The fourth-order valence-electron chi connectivity index (χ4n) is 2.96. The summed E-state index contributed by atoms with van der Waals surface area (Å²) in [6, 6.07) is 19.5. The average Bonchev–Trinajstić information content (AvgIpc) is 2.76. The molecule has 0 heterocycles. The lowest BCUT2D eigenvalue weighted by Crippen LogP contribution is -2.34. The van der Waals surface area contributed by atoms with Gasteiger partial charge in [0, 0.05) is 5.69 Å². The molecule has 3 aromatic carbocycles. The largest absolute Gasteiger partial charge is 0.496 e. The zero-order valence-corrected chi connectivity index (χ0v) is 18.3. The predicted molar refractivity (Wildman–Crippen MR) is 127 cm³/mol. The van der Waals surface area contributed by atoms with Crippen LogP contribution in [0.1, 0.15) is 31.8 Å². The molecule has 0 saturated heterocycles. The highest BCUT2D eigenvalue weighted by atomic mass is 32.1. The zero-order chi connectivity index (χ0) is 22.4. The Balaban J connectivity index is 1.72. The quantitative estimate of drug-likeness (QED) is 0.509. The number of carbonyl (C=O) groups is 2. The van der Waals surface area contributed by atoms with E-state index in [1.807, 2.05) is 32.0 Å². The number of rotatable bonds is 5. The molecular weight excluding hydrogens is 410 g/mol. The van der Waals surface area contributed by atoms with Gasteiger partial charge in [-0.05, 0) is 73.6 Å².